The number of nitrogens with one attached hydrogen (secondary N) is 2. The summed E-state index contributed by atoms with van der Waals surface area (Å²) in [6.45, 7) is 1.65. The summed E-state index contributed by atoms with van der Waals surface area (Å²) in [7, 11) is -4.08. The van der Waals surface area contributed by atoms with Crippen molar-refractivity contribution in [3.8, 4) is 0 Å². The molecule has 0 radical (unpaired) electrons. The van der Waals surface area contributed by atoms with Gasteiger partial charge in [0.1, 0.15) is 10.7 Å². The lowest BCUT2D eigenvalue weighted by Crippen LogP contribution is -2.28. The van der Waals surface area contributed by atoms with Gasteiger partial charge in [-0.15, -0.1) is 0 Å². The maximum absolute atomic E-state index is 14.3. The summed E-state index contributed by atoms with van der Waals surface area (Å²) in [6, 6.07) is 8.51. The molecule has 2 aromatic rings. The average Bonchev–Trinajstić information content (AvgIpc) is 2.53. The highest BCUT2D eigenvalue weighted by Gasteiger charge is 2.26. The number of fused-ring (bicyclic) bond motifs is 1. The highest BCUT2D eigenvalue weighted by Crippen LogP contribution is 2.29. The molecule has 1 unspecified atom stereocenters. The second-order valence-electron chi connectivity index (χ2n) is 5.89. The third-order valence-corrected chi connectivity index (χ3v) is 5.81. The van der Waals surface area contributed by atoms with Gasteiger partial charge in [0.2, 0.25) is 15.9 Å². The van der Waals surface area contributed by atoms with Crippen LogP contribution in [0.5, 0.6) is 0 Å². The minimum atomic E-state index is -4.08. The van der Waals surface area contributed by atoms with E-state index in [0.29, 0.717) is 28.3 Å². The van der Waals surface area contributed by atoms with Crippen LogP contribution in [0, 0.1) is 5.82 Å². The van der Waals surface area contributed by atoms with Crippen LogP contribution >= 0.6 is 11.6 Å². The van der Waals surface area contributed by atoms with Crippen molar-refractivity contribution >= 4 is 33.2 Å². The van der Waals surface area contributed by atoms with Crippen molar-refractivity contribution in [3.63, 3.8) is 0 Å². The SMILES string of the molecule is CC(NS(=O)(=O)c1cc2c(cc1F)NC(=O)CC2)c1cccc(Cl)c1. The molecular weight excluding hydrogens is 367 g/mol. The Morgan fingerprint density at radius 3 is 2.72 bits per heavy atom. The number of carbonyl (C=O) groups excluding carboxylic acids is 1. The Labute approximate surface area is 150 Å². The van der Waals surface area contributed by atoms with Crippen LogP contribution in [0.15, 0.2) is 41.3 Å². The standard InChI is InChI=1S/C17H16ClFN2O3S/c1-10(11-3-2-4-13(18)7-11)21-25(23,24)16-8-12-5-6-17(22)20-15(12)9-14(16)19/h2-4,7-10,21H,5-6H2,1H3,(H,20,22). The van der Waals surface area contributed by atoms with Crippen molar-refractivity contribution in [1.82, 2.24) is 4.72 Å². The molecule has 1 amide bonds. The lowest BCUT2D eigenvalue weighted by atomic mass is 10.0. The highest BCUT2D eigenvalue weighted by atomic mass is 35.5. The zero-order chi connectivity index (χ0) is 18.2. The topological polar surface area (TPSA) is 75.3 Å². The Hall–Kier alpha value is -1.96. The molecule has 1 aliphatic rings. The molecule has 0 saturated heterocycles. The molecule has 2 N–H and O–H groups in total. The molecule has 0 aromatic heterocycles. The fraction of sp³-hybridized carbons (Fsp3) is 0.235. The molecule has 3 rings (SSSR count). The van der Waals surface area contributed by atoms with Crippen molar-refractivity contribution in [2.75, 3.05) is 5.32 Å². The fourth-order valence-corrected chi connectivity index (χ4v) is 4.27. The van der Waals surface area contributed by atoms with Crippen molar-refractivity contribution in [1.29, 1.82) is 0 Å². The maximum atomic E-state index is 14.3. The summed E-state index contributed by atoms with van der Waals surface area (Å²) in [5.74, 6) is -1.12. The van der Waals surface area contributed by atoms with Crippen LogP contribution in [0.3, 0.4) is 0 Å². The van der Waals surface area contributed by atoms with Gasteiger partial charge in [0.05, 0.1) is 0 Å². The second-order valence-corrected chi connectivity index (χ2v) is 8.00. The summed E-state index contributed by atoms with van der Waals surface area (Å²) in [6.07, 6.45) is 0.609. The monoisotopic (exact) mass is 382 g/mol. The van der Waals surface area contributed by atoms with Gasteiger partial charge < -0.3 is 5.32 Å². The van der Waals surface area contributed by atoms with Crippen molar-refractivity contribution in [3.05, 3.63) is 58.4 Å². The Kier molecular flexibility index (Phi) is 4.81. The van der Waals surface area contributed by atoms with Crippen LogP contribution in [0.4, 0.5) is 10.1 Å². The van der Waals surface area contributed by atoms with Crippen molar-refractivity contribution < 1.29 is 17.6 Å². The third-order valence-electron chi connectivity index (χ3n) is 4.02. The number of halogens is 2. The molecule has 2 aromatic carbocycles. The number of sulfonamides is 1. The van der Waals surface area contributed by atoms with E-state index in [9.17, 15) is 17.6 Å². The normalized spacial score (nSPS) is 15.4. The minimum absolute atomic E-state index is 0.213. The van der Waals surface area contributed by atoms with E-state index in [1.54, 1.807) is 31.2 Å². The lowest BCUT2D eigenvalue weighted by Gasteiger charge is -2.20. The number of rotatable bonds is 4. The largest absolute Gasteiger partial charge is 0.326 e. The van der Waals surface area contributed by atoms with Crippen LogP contribution in [0.1, 0.15) is 30.5 Å². The number of aryl methyl sites for hydroxylation is 1. The first kappa shape index (κ1) is 17.8. The van der Waals surface area contributed by atoms with E-state index in [2.05, 4.69) is 10.0 Å². The predicted octanol–water partition coefficient (Wildman–Crippen LogP) is 3.40. The first-order valence-corrected chi connectivity index (χ1v) is 9.52. The van der Waals surface area contributed by atoms with Gasteiger partial charge in [0, 0.05) is 23.2 Å². The smallest absolute Gasteiger partial charge is 0.244 e. The third kappa shape index (κ3) is 3.84. The van der Waals surface area contributed by atoms with Crippen molar-refractivity contribution in [2.45, 2.75) is 30.7 Å². The molecule has 132 valence electrons. The van der Waals surface area contributed by atoms with Crippen LogP contribution in [-0.2, 0) is 21.2 Å². The fourth-order valence-electron chi connectivity index (χ4n) is 2.73. The zero-order valence-electron chi connectivity index (χ0n) is 13.3. The summed E-state index contributed by atoms with van der Waals surface area (Å²) < 4.78 is 42.0. The van der Waals surface area contributed by atoms with Gasteiger partial charge in [-0.1, -0.05) is 23.7 Å². The molecule has 8 heteroatoms. The van der Waals surface area contributed by atoms with Crippen LogP contribution in [0.2, 0.25) is 5.02 Å². The molecule has 0 saturated carbocycles. The first-order valence-electron chi connectivity index (χ1n) is 7.66. The number of anilines is 1. The quantitative estimate of drug-likeness (QED) is 0.850. The molecule has 0 spiro atoms. The maximum Gasteiger partial charge on any atom is 0.244 e. The average molecular weight is 383 g/mol. The number of benzene rings is 2. The Morgan fingerprint density at radius 2 is 2.00 bits per heavy atom. The molecule has 5 nitrogen and oxygen atoms in total. The number of hydrogen-bond acceptors (Lipinski definition) is 3. The Bertz CT molecular complexity index is 947. The molecule has 0 aliphatic carbocycles. The van der Waals surface area contributed by atoms with Crippen LogP contribution in [0.25, 0.3) is 0 Å². The van der Waals surface area contributed by atoms with E-state index in [1.165, 1.54) is 6.07 Å². The van der Waals surface area contributed by atoms with E-state index in [1.807, 2.05) is 0 Å². The van der Waals surface area contributed by atoms with E-state index < -0.39 is 26.8 Å². The summed E-state index contributed by atoms with van der Waals surface area (Å²) >= 11 is 5.92. The Morgan fingerprint density at radius 1 is 1.24 bits per heavy atom. The van der Waals surface area contributed by atoms with Gasteiger partial charge in [0.25, 0.3) is 0 Å². The highest BCUT2D eigenvalue weighted by molar-refractivity contribution is 7.89. The number of amides is 1. The van der Waals surface area contributed by atoms with Crippen LogP contribution < -0.4 is 10.0 Å². The van der Waals surface area contributed by atoms with Gasteiger partial charge >= 0.3 is 0 Å². The van der Waals surface area contributed by atoms with E-state index >= 15 is 0 Å². The van der Waals surface area contributed by atoms with Gasteiger partial charge in [-0.2, -0.15) is 0 Å². The van der Waals surface area contributed by atoms with E-state index in [-0.39, 0.29) is 12.3 Å². The van der Waals surface area contributed by atoms with Gasteiger partial charge in [-0.3, -0.25) is 4.79 Å². The number of hydrogen-bond donors (Lipinski definition) is 2. The summed E-state index contributed by atoms with van der Waals surface area (Å²) in [4.78, 5) is 10.9. The first-order chi connectivity index (χ1) is 11.8. The molecule has 0 bridgehead atoms. The molecule has 1 heterocycles. The van der Waals surface area contributed by atoms with Gasteiger partial charge in [-0.25, -0.2) is 17.5 Å². The molecule has 1 aliphatic heterocycles. The zero-order valence-corrected chi connectivity index (χ0v) is 14.9. The lowest BCUT2D eigenvalue weighted by molar-refractivity contribution is -0.116. The minimum Gasteiger partial charge on any atom is -0.326 e. The predicted molar refractivity (Wildman–Crippen MR) is 93.5 cm³/mol. The van der Waals surface area contributed by atoms with Gasteiger partial charge in [0.15, 0.2) is 0 Å². The molecule has 1 atom stereocenters. The van der Waals surface area contributed by atoms with Gasteiger partial charge in [-0.05, 0) is 48.7 Å². The Balaban J connectivity index is 1.91. The number of carbonyl (C=O) groups is 1. The second kappa shape index (κ2) is 6.74. The molecule has 0 fully saturated rings. The molecular formula is C17H16ClFN2O3S. The van der Waals surface area contributed by atoms with E-state index in [4.69, 9.17) is 11.6 Å². The van der Waals surface area contributed by atoms with Crippen LogP contribution in [-0.4, -0.2) is 14.3 Å². The molecule has 25 heavy (non-hydrogen) atoms. The van der Waals surface area contributed by atoms with E-state index in [0.717, 1.165) is 6.07 Å². The summed E-state index contributed by atoms with van der Waals surface area (Å²) in [5, 5.41) is 3.03. The summed E-state index contributed by atoms with van der Waals surface area (Å²) in [5.41, 5.74) is 1.58. The van der Waals surface area contributed by atoms with Crippen molar-refractivity contribution in [2.24, 2.45) is 0 Å².